The minimum atomic E-state index is -4.47. The van der Waals surface area contributed by atoms with E-state index in [1.54, 1.807) is 24.4 Å². The molecule has 128 valence electrons. The molecule has 0 aliphatic rings. The molecule has 0 fully saturated rings. The van der Waals surface area contributed by atoms with Gasteiger partial charge >= 0.3 is 11.5 Å². The van der Waals surface area contributed by atoms with Crippen molar-refractivity contribution in [2.75, 3.05) is 0 Å². The molecule has 0 spiro atoms. The predicted octanol–water partition coefficient (Wildman–Crippen LogP) is 3.83. The Labute approximate surface area is 139 Å². The van der Waals surface area contributed by atoms with E-state index in [-0.39, 0.29) is 23.5 Å². The van der Waals surface area contributed by atoms with Crippen LogP contribution in [0.5, 0.6) is 0 Å². The van der Waals surface area contributed by atoms with Crippen LogP contribution in [0, 0.1) is 5.82 Å². The summed E-state index contributed by atoms with van der Waals surface area (Å²) in [6.45, 7) is 0.0627. The zero-order chi connectivity index (χ0) is 17.6. The first-order valence-electron chi connectivity index (χ1n) is 6.79. The van der Waals surface area contributed by atoms with E-state index in [2.05, 4.69) is 15.6 Å². The second kappa shape index (κ2) is 8.00. The maximum atomic E-state index is 13.8. The number of thioether (sulfide) groups is 1. The topological polar surface area (TPSA) is 54.0 Å². The predicted molar refractivity (Wildman–Crippen MR) is 81.6 cm³/mol. The van der Waals surface area contributed by atoms with E-state index in [1.807, 2.05) is 0 Å². The second-order valence-corrected chi connectivity index (χ2v) is 5.80. The molecule has 0 saturated heterocycles. The normalized spacial score (nSPS) is 11.2. The van der Waals surface area contributed by atoms with Crippen molar-refractivity contribution in [3.8, 4) is 0 Å². The van der Waals surface area contributed by atoms with Crippen molar-refractivity contribution >= 4 is 17.8 Å². The quantitative estimate of drug-likeness (QED) is 0.630. The summed E-state index contributed by atoms with van der Waals surface area (Å²) >= 11 is -0.393. The molecule has 0 unspecified atom stereocenters. The fraction of sp³-hybridized carbons (Fsp3) is 0.200. The zero-order valence-corrected chi connectivity index (χ0v) is 13.0. The van der Waals surface area contributed by atoms with Crippen molar-refractivity contribution < 1.29 is 22.4 Å². The average molecular weight is 359 g/mol. The van der Waals surface area contributed by atoms with Gasteiger partial charge in [-0.15, -0.1) is 0 Å². The van der Waals surface area contributed by atoms with E-state index < -0.39 is 29.1 Å². The molecule has 2 N–H and O–H groups in total. The summed E-state index contributed by atoms with van der Waals surface area (Å²) in [4.78, 5) is 15.4. The Bertz CT molecular complexity index is 695. The van der Waals surface area contributed by atoms with Gasteiger partial charge < -0.3 is 10.6 Å². The number of urea groups is 1. The molecule has 2 aromatic rings. The van der Waals surface area contributed by atoms with Crippen molar-refractivity contribution in [3.63, 3.8) is 0 Å². The third-order valence-electron chi connectivity index (χ3n) is 2.85. The van der Waals surface area contributed by atoms with E-state index in [1.165, 1.54) is 6.07 Å². The van der Waals surface area contributed by atoms with Crippen LogP contribution in [-0.2, 0) is 13.1 Å². The molecule has 2 amide bonds. The van der Waals surface area contributed by atoms with Gasteiger partial charge in [-0.3, -0.25) is 4.98 Å². The number of aromatic nitrogens is 1. The van der Waals surface area contributed by atoms with E-state index >= 15 is 0 Å². The summed E-state index contributed by atoms with van der Waals surface area (Å²) in [6.07, 6.45) is 1.59. The Kier molecular flexibility index (Phi) is 6.02. The Balaban J connectivity index is 1.84. The largest absolute Gasteiger partial charge is 0.446 e. The maximum Gasteiger partial charge on any atom is 0.446 e. The molecule has 1 aromatic heterocycles. The number of pyridine rings is 1. The minimum Gasteiger partial charge on any atom is -0.334 e. The molecule has 1 heterocycles. The highest BCUT2D eigenvalue weighted by molar-refractivity contribution is 8.00. The third kappa shape index (κ3) is 6.07. The highest BCUT2D eigenvalue weighted by Crippen LogP contribution is 2.37. The van der Waals surface area contributed by atoms with E-state index in [9.17, 15) is 22.4 Å². The van der Waals surface area contributed by atoms with Crippen molar-refractivity contribution in [1.82, 2.24) is 15.6 Å². The number of hydrogen-bond acceptors (Lipinski definition) is 3. The average Bonchev–Trinajstić information content (AvgIpc) is 2.51. The van der Waals surface area contributed by atoms with Gasteiger partial charge in [-0.25, -0.2) is 9.18 Å². The second-order valence-electron chi connectivity index (χ2n) is 4.66. The summed E-state index contributed by atoms with van der Waals surface area (Å²) < 4.78 is 50.4. The van der Waals surface area contributed by atoms with Gasteiger partial charge in [0, 0.05) is 23.2 Å². The number of rotatable bonds is 5. The van der Waals surface area contributed by atoms with Crippen LogP contribution in [-0.4, -0.2) is 16.5 Å². The van der Waals surface area contributed by atoms with E-state index in [0.717, 1.165) is 12.1 Å². The van der Waals surface area contributed by atoms with Crippen LogP contribution in [0.4, 0.5) is 22.4 Å². The third-order valence-corrected chi connectivity index (χ3v) is 3.57. The first-order chi connectivity index (χ1) is 11.3. The Morgan fingerprint density at radius 3 is 2.50 bits per heavy atom. The van der Waals surface area contributed by atoms with Crippen molar-refractivity contribution in [1.29, 1.82) is 0 Å². The highest BCUT2D eigenvalue weighted by Gasteiger charge is 2.29. The zero-order valence-electron chi connectivity index (χ0n) is 12.2. The number of hydrogen-bond donors (Lipinski definition) is 2. The Hall–Kier alpha value is -2.29. The van der Waals surface area contributed by atoms with E-state index in [4.69, 9.17) is 0 Å². The maximum absolute atomic E-state index is 13.8. The van der Waals surface area contributed by atoms with Crippen LogP contribution in [0.15, 0.2) is 47.5 Å². The molecule has 4 nitrogen and oxygen atoms in total. The smallest absolute Gasteiger partial charge is 0.334 e. The molecule has 0 aliphatic heterocycles. The van der Waals surface area contributed by atoms with Crippen LogP contribution >= 0.6 is 11.8 Å². The van der Waals surface area contributed by atoms with Gasteiger partial charge in [-0.05, 0) is 36.0 Å². The van der Waals surface area contributed by atoms with Gasteiger partial charge in [0.2, 0.25) is 0 Å². The van der Waals surface area contributed by atoms with Crippen LogP contribution in [0.25, 0.3) is 0 Å². The molecular weight excluding hydrogens is 346 g/mol. The lowest BCUT2D eigenvalue weighted by Gasteiger charge is -2.10. The highest BCUT2D eigenvalue weighted by atomic mass is 32.2. The van der Waals surface area contributed by atoms with Crippen molar-refractivity contribution in [3.05, 3.63) is 59.7 Å². The molecule has 9 heteroatoms. The van der Waals surface area contributed by atoms with Crippen LogP contribution in [0.2, 0.25) is 0 Å². The molecule has 0 radical (unpaired) electrons. The molecule has 24 heavy (non-hydrogen) atoms. The standard InChI is InChI=1S/C15H13F4N3OS/c16-13-7-12(24-15(17,18)19)5-4-10(13)8-21-14(23)22-9-11-3-1-2-6-20-11/h1-7H,8-9H2,(H2,21,22,23). The molecule has 0 bridgehead atoms. The summed E-state index contributed by atoms with van der Waals surface area (Å²) in [7, 11) is 0. The summed E-state index contributed by atoms with van der Waals surface area (Å²) in [5, 5.41) is 4.97. The lowest BCUT2D eigenvalue weighted by Crippen LogP contribution is -2.34. The SMILES string of the molecule is O=C(NCc1ccccn1)NCc1ccc(SC(F)(F)F)cc1F. The summed E-state index contributed by atoms with van der Waals surface area (Å²) in [5.41, 5.74) is -3.72. The number of carbonyl (C=O) groups excluding carboxylic acids is 1. The van der Waals surface area contributed by atoms with Gasteiger partial charge in [-0.2, -0.15) is 13.2 Å². The fourth-order valence-electron chi connectivity index (χ4n) is 1.78. The number of benzene rings is 1. The molecule has 0 atom stereocenters. The fourth-order valence-corrected chi connectivity index (χ4v) is 2.35. The summed E-state index contributed by atoms with van der Waals surface area (Å²) in [5.74, 6) is -0.811. The molecule has 1 aromatic carbocycles. The van der Waals surface area contributed by atoms with Gasteiger partial charge in [-0.1, -0.05) is 12.1 Å². The first-order valence-corrected chi connectivity index (χ1v) is 7.61. The van der Waals surface area contributed by atoms with Crippen molar-refractivity contribution in [2.45, 2.75) is 23.5 Å². The van der Waals surface area contributed by atoms with Crippen LogP contribution in [0.1, 0.15) is 11.3 Å². The van der Waals surface area contributed by atoms with Crippen LogP contribution < -0.4 is 10.6 Å². The lowest BCUT2D eigenvalue weighted by molar-refractivity contribution is -0.0328. The molecule has 2 rings (SSSR count). The van der Waals surface area contributed by atoms with Crippen LogP contribution in [0.3, 0.4) is 0 Å². The Morgan fingerprint density at radius 2 is 1.88 bits per heavy atom. The summed E-state index contributed by atoms with van der Waals surface area (Å²) in [6, 6.07) is 7.88. The van der Waals surface area contributed by atoms with Crippen molar-refractivity contribution in [2.24, 2.45) is 0 Å². The van der Waals surface area contributed by atoms with E-state index in [0.29, 0.717) is 5.69 Å². The first kappa shape index (κ1) is 18.1. The number of nitrogens with one attached hydrogen (secondary N) is 2. The monoisotopic (exact) mass is 359 g/mol. The van der Waals surface area contributed by atoms with Gasteiger partial charge in [0.05, 0.1) is 12.2 Å². The number of amides is 2. The number of carbonyl (C=O) groups is 1. The number of nitrogens with zero attached hydrogens (tertiary/aromatic N) is 1. The van der Waals surface area contributed by atoms with Gasteiger partial charge in [0.25, 0.3) is 0 Å². The minimum absolute atomic E-state index is 0.0921. The molecule has 0 aliphatic carbocycles. The van der Waals surface area contributed by atoms with Gasteiger partial charge in [0.15, 0.2) is 0 Å². The lowest BCUT2D eigenvalue weighted by atomic mass is 10.2. The van der Waals surface area contributed by atoms with Gasteiger partial charge in [0.1, 0.15) is 5.82 Å². The number of halogens is 4. The molecular formula is C15H13F4N3OS. The Morgan fingerprint density at radius 1 is 1.12 bits per heavy atom. The number of alkyl halides is 3. The molecule has 0 saturated carbocycles.